The predicted molar refractivity (Wildman–Crippen MR) is 74.6 cm³/mol. The van der Waals surface area contributed by atoms with Gasteiger partial charge in [0, 0.05) is 31.3 Å². The first-order valence-corrected chi connectivity index (χ1v) is 9.12. The van der Waals surface area contributed by atoms with Crippen LogP contribution in [0.4, 0.5) is 0 Å². The minimum atomic E-state index is -2.92. The van der Waals surface area contributed by atoms with Crippen molar-refractivity contribution in [3.63, 3.8) is 0 Å². The molecule has 0 bridgehead atoms. The molecular weight excluding hydrogens is 264 g/mol. The van der Waals surface area contributed by atoms with E-state index in [2.05, 4.69) is 10.6 Å². The molecule has 6 heteroatoms. The molecule has 2 unspecified atom stereocenters. The van der Waals surface area contributed by atoms with E-state index in [0.717, 1.165) is 38.6 Å². The van der Waals surface area contributed by atoms with Gasteiger partial charge >= 0.3 is 0 Å². The summed E-state index contributed by atoms with van der Waals surface area (Å²) in [6, 6.07) is 0.270. The van der Waals surface area contributed by atoms with Crippen LogP contribution < -0.4 is 10.6 Å². The Labute approximate surface area is 115 Å². The van der Waals surface area contributed by atoms with Crippen molar-refractivity contribution in [2.75, 3.05) is 19.3 Å². The standard InChI is InChI=1S/C13H24N2O3S/c1-19(17,18)12-4-2-3-11(9-12)14-7-8-15-13(16)10-5-6-10/h10-12,14H,2-9H2,1H3,(H,15,16). The van der Waals surface area contributed by atoms with E-state index in [1.54, 1.807) is 0 Å². The molecule has 0 aromatic carbocycles. The van der Waals surface area contributed by atoms with Gasteiger partial charge in [0.05, 0.1) is 5.25 Å². The van der Waals surface area contributed by atoms with Gasteiger partial charge in [-0.05, 0) is 32.1 Å². The maximum atomic E-state index is 11.5. The molecule has 2 saturated carbocycles. The fourth-order valence-electron chi connectivity index (χ4n) is 2.67. The molecule has 2 aliphatic rings. The Balaban J connectivity index is 1.63. The van der Waals surface area contributed by atoms with E-state index < -0.39 is 9.84 Å². The molecule has 0 saturated heterocycles. The number of amides is 1. The van der Waals surface area contributed by atoms with E-state index in [0.29, 0.717) is 13.0 Å². The summed E-state index contributed by atoms with van der Waals surface area (Å²) < 4.78 is 23.1. The van der Waals surface area contributed by atoms with Gasteiger partial charge in [-0.25, -0.2) is 8.42 Å². The van der Waals surface area contributed by atoms with Gasteiger partial charge in [-0.2, -0.15) is 0 Å². The summed E-state index contributed by atoms with van der Waals surface area (Å²) in [6.07, 6.45) is 6.86. The normalized spacial score (nSPS) is 28.1. The number of sulfone groups is 1. The SMILES string of the molecule is CS(=O)(=O)C1CCCC(NCCNC(=O)C2CC2)C1. The molecule has 2 aliphatic carbocycles. The minimum absolute atomic E-state index is 0.166. The monoisotopic (exact) mass is 288 g/mol. The van der Waals surface area contributed by atoms with Gasteiger partial charge in [0.15, 0.2) is 0 Å². The quantitative estimate of drug-likeness (QED) is 0.696. The average molecular weight is 288 g/mol. The van der Waals surface area contributed by atoms with Crippen molar-refractivity contribution in [3.05, 3.63) is 0 Å². The zero-order valence-electron chi connectivity index (χ0n) is 11.5. The highest BCUT2D eigenvalue weighted by molar-refractivity contribution is 7.91. The molecule has 2 fully saturated rings. The predicted octanol–water partition coefficient (Wildman–Crippen LogP) is 0.458. The molecule has 2 atom stereocenters. The van der Waals surface area contributed by atoms with Crippen molar-refractivity contribution in [3.8, 4) is 0 Å². The molecule has 0 radical (unpaired) electrons. The number of rotatable bonds is 6. The molecule has 19 heavy (non-hydrogen) atoms. The molecule has 2 N–H and O–H groups in total. The minimum Gasteiger partial charge on any atom is -0.355 e. The van der Waals surface area contributed by atoms with Crippen LogP contribution in [0.3, 0.4) is 0 Å². The highest BCUT2D eigenvalue weighted by Crippen LogP contribution is 2.28. The van der Waals surface area contributed by atoms with Crippen LogP contribution in [-0.2, 0) is 14.6 Å². The van der Waals surface area contributed by atoms with E-state index in [-0.39, 0.29) is 23.1 Å². The van der Waals surface area contributed by atoms with Gasteiger partial charge in [0.2, 0.25) is 5.91 Å². The smallest absolute Gasteiger partial charge is 0.223 e. The van der Waals surface area contributed by atoms with Crippen LogP contribution in [0.15, 0.2) is 0 Å². The van der Waals surface area contributed by atoms with Crippen LogP contribution in [0.2, 0.25) is 0 Å². The fraction of sp³-hybridized carbons (Fsp3) is 0.923. The molecule has 0 aliphatic heterocycles. The number of carbonyl (C=O) groups is 1. The Morgan fingerprint density at radius 1 is 1.16 bits per heavy atom. The summed E-state index contributed by atoms with van der Waals surface area (Å²) in [5.41, 5.74) is 0. The summed E-state index contributed by atoms with van der Waals surface area (Å²) in [6.45, 7) is 1.36. The van der Waals surface area contributed by atoms with Crippen molar-refractivity contribution in [1.29, 1.82) is 0 Å². The van der Waals surface area contributed by atoms with E-state index in [1.165, 1.54) is 6.26 Å². The van der Waals surface area contributed by atoms with Crippen molar-refractivity contribution >= 4 is 15.7 Å². The largest absolute Gasteiger partial charge is 0.355 e. The van der Waals surface area contributed by atoms with Crippen LogP contribution in [-0.4, -0.2) is 45.0 Å². The lowest BCUT2D eigenvalue weighted by Gasteiger charge is -2.28. The number of nitrogens with one attached hydrogen (secondary N) is 2. The summed E-state index contributed by atoms with van der Waals surface area (Å²) >= 11 is 0. The first-order valence-electron chi connectivity index (χ1n) is 7.17. The lowest BCUT2D eigenvalue weighted by Crippen LogP contribution is -2.42. The summed E-state index contributed by atoms with van der Waals surface area (Å²) in [7, 11) is -2.92. The second-order valence-electron chi connectivity index (χ2n) is 5.83. The van der Waals surface area contributed by atoms with Gasteiger partial charge in [-0.3, -0.25) is 4.79 Å². The Kier molecular flexibility index (Phi) is 4.84. The second kappa shape index (κ2) is 6.22. The molecule has 0 heterocycles. The Bertz CT molecular complexity index is 418. The van der Waals surface area contributed by atoms with E-state index >= 15 is 0 Å². The lowest BCUT2D eigenvalue weighted by atomic mass is 9.95. The number of carbonyl (C=O) groups excluding carboxylic acids is 1. The molecule has 0 aromatic heterocycles. The van der Waals surface area contributed by atoms with Gasteiger partial charge in [0.25, 0.3) is 0 Å². The van der Waals surface area contributed by atoms with Gasteiger partial charge in [-0.15, -0.1) is 0 Å². The van der Waals surface area contributed by atoms with Crippen LogP contribution in [0.1, 0.15) is 38.5 Å². The van der Waals surface area contributed by atoms with Crippen molar-refractivity contribution in [1.82, 2.24) is 10.6 Å². The lowest BCUT2D eigenvalue weighted by molar-refractivity contribution is -0.122. The molecule has 0 spiro atoms. The first kappa shape index (κ1) is 14.8. The third kappa shape index (κ3) is 4.76. The number of hydrogen-bond donors (Lipinski definition) is 2. The zero-order chi connectivity index (χ0) is 13.9. The Morgan fingerprint density at radius 3 is 2.53 bits per heavy atom. The maximum Gasteiger partial charge on any atom is 0.223 e. The van der Waals surface area contributed by atoms with Crippen LogP contribution >= 0.6 is 0 Å². The van der Waals surface area contributed by atoms with Gasteiger partial charge in [-0.1, -0.05) is 6.42 Å². The van der Waals surface area contributed by atoms with E-state index in [1.807, 2.05) is 0 Å². The van der Waals surface area contributed by atoms with Gasteiger partial charge < -0.3 is 10.6 Å². The summed E-state index contributed by atoms with van der Waals surface area (Å²) in [5.74, 6) is 0.420. The molecule has 2 rings (SSSR count). The van der Waals surface area contributed by atoms with Gasteiger partial charge in [0.1, 0.15) is 9.84 Å². The average Bonchev–Trinajstić information content (AvgIpc) is 3.18. The Morgan fingerprint density at radius 2 is 1.89 bits per heavy atom. The Hall–Kier alpha value is -0.620. The summed E-state index contributed by atoms with van der Waals surface area (Å²) in [5, 5.41) is 6.07. The molecule has 110 valence electrons. The maximum absolute atomic E-state index is 11.5. The van der Waals surface area contributed by atoms with Crippen molar-refractivity contribution < 1.29 is 13.2 Å². The topological polar surface area (TPSA) is 75.3 Å². The second-order valence-corrected chi connectivity index (χ2v) is 8.16. The van der Waals surface area contributed by atoms with Crippen molar-refractivity contribution in [2.45, 2.75) is 49.8 Å². The van der Waals surface area contributed by atoms with Crippen molar-refractivity contribution in [2.24, 2.45) is 5.92 Å². The highest BCUT2D eigenvalue weighted by atomic mass is 32.2. The number of hydrogen-bond acceptors (Lipinski definition) is 4. The molecule has 0 aromatic rings. The molecule has 5 nitrogen and oxygen atoms in total. The molecule has 1 amide bonds. The van der Waals surface area contributed by atoms with Crippen LogP contribution in [0.5, 0.6) is 0 Å². The van der Waals surface area contributed by atoms with E-state index in [9.17, 15) is 13.2 Å². The highest BCUT2D eigenvalue weighted by Gasteiger charge is 2.30. The third-order valence-electron chi connectivity index (χ3n) is 4.04. The van der Waals surface area contributed by atoms with E-state index in [4.69, 9.17) is 0 Å². The zero-order valence-corrected chi connectivity index (χ0v) is 12.3. The summed E-state index contributed by atoms with van der Waals surface area (Å²) in [4.78, 5) is 11.4. The first-order chi connectivity index (χ1) is 8.97. The third-order valence-corrected chi connectivity index (χ3v) is 5.68. The molecular formula is C13H24N2O3S. The fourth-order valence-corrected chi connectivity index (χ4v) is 3.85. The van der Waals surface area contributed by atoms with Crippen LogP contribution in [0, 0.1) is 5.92 Å². The van der Waals surface area contributed by atoms with Crippen LogP contribution in [0.25, 0.3) is 0 Å².